The number of hydrogen-bond donors (Lipinski definition) is 1. The summed E-state index contributed by atoms with van der Waals surface area (Å²) in [4.78, 5) is 48.1. The lowest BCUT2D eigenvalue weighted by Crippen LogP contribution is -2.31. The monoisotopic (exact) mass is 399 g/mol. The Balaban J connectivity index is 1.59. The van der Waals surface area contributed by atoms with Crippen molar-refractivity contribution in [3.05, 3.63) is 64.2 Å². The number of amides is 3. The maximum atomic E-state index is 12.6. The van der Waals surface area contributed by atoms with E-state index in [1.54, 1.807) is 12.1 Å². The summed E-state index contributed by atoms with van der Waals surface area (Å²) in [5, 5.41) is 12.8. The highest BCUT2D eigenvalue weighted by Crippen LogP contribution is 2.30. The summed E-state index contributed by atoms with van der Waals surface area (Å²) in [6.45, 7) is 1.95. The minimum Gasteiger partial charge on any atom is -0.325 e. The summed E-state index contributed by atoms with van der Waals surface area (Å²) >= 11 is 1.10. The Kier molecular flexibility index (Phi) is 5.74. The van der Waals surface area contributed by atoms with Crippen molar-refractivity contribution in [3.8, 4) is 0 Å². The van der Waals surface area contributed by atoms with Crippen LogP contribution in [0.25, 0.3) is 0 Å². The van der Waals surface area contributed by atoms with Gasteiger partial charge in [0.2, 0.25) is 17.7 Å². The van der Waals surface area contributed by atoms with Gasteiger partial charge >= 0.3 is 0 Å². The highest BCUT2D eigenvalue weighted by Gasteiger charge is 2.40. The number of non-ortho nitro benzene ring substituents is 1. The van der Waals surface area contributed by atoms with Gasteiger partial charge in [0.05, 0.1) is 21.6 Å². The van der Waals surface area contributed by atoms with Crippen molar-refractivity contribution < 1.29 is 19.3 Å². The summed E-state index contributed by atoms with van der Waals surface area (Å²) in [5.74, 6) is -1.05. The second-order valence-corrected chi connectivity index (χ2v) is 7.45. The molecule has 1 atom stereocenters. The molecule has 1 aliphatic heterocycles. The Hall–Kier alpha value is -3.20. The first kappa shape index (κ1) is 19.6. The fraction of sp³-hybridized carbons (Fsp3) is 0.211. The number of thioether (sulfide) groups is 1. The number of nitro benzene ring substituents is 1. The van der Waals surface area contributed by atoms with Crippen LogP contribution >= 0.6 is 11.8 Å². The molecule has 0 bridgehead atoms. The molecule has 144 valence electrons. The van der Waals surface area contributed by atoms with E-state index in [9.17, 15) is 24.5 Å². The van der Waals surface area contributed by atoms with Crippen molar-refractivity contribution in [3.63, 3.8) is 0 Å². The maximum Gasteiger partial charge on any atom is 0.269 e. The zero-order valence-corrected chi connectivity index (χ0v) is 15.8. The highest BCUT2D eigenvalue weighted by molar-refractivity contribution is 8.01. The highest BCUT2D eigenvalue weighted by atomic mass is 32.2. The molecule has 8 nitrogen and oxygen atoms in total. The van der Waals surface area contributed by atoms with Gasteiger partial charge in [-0.15, -0.1) is 11.8 Å². The lowest BCUT2D eigenvalue weighted by Gasteiger charge is -2.14. The van der Waals surface area contributed by atoms with Crippen LogP contribution in [0.1, 0.15) is 12.0 Å². The van der Waals surface area contributed by atoms with Crippen molar-refractivity contribution in [2.24, 2.45) is 0 Å². The first-order chi connectivity index (χ1) is 13.3. The van der Waals surface area contributed by atoms with Gasteiger partial charge in [-0.3, -0.25) is 24.5 Å². The number of imide groups is 1. The van der Waals surface area contributed by atoms with Gasteiger partial charge in [0.1, 0.15) is 0 Å². The molecule has 0 aromatic heterocycles. The summed E-state index contributed by atoms with van der Waals surface area (Å²) < 4.78 is 0. The molecule has 9 heteroatoms. The number of nitrogens with zero attached hydrogens (tertiary/aromatic N) is 2. The number of carbonyl (C=O) groups excluding carboxylic acids is 3. The molecule has 1 N–H and O–H groups in total. The second-order valence-electron chi connectivity index (χ2n) is 6.26. The van der Waals surface area contributed by atoms with E-state index in [4.69, 9.17) is 0 Å². The van der Waals surface area contributed by atoms with E-state index in [0.717, 1.165) is 22.2 Å². The first-order valence-corrected chi connectivity index (χ1v) is 9.49. The number of benzene rings is 2. The zero-order valence-electron chi connectivity index (χ0n) is 15.0. The largest absolute Gasteiger partial charge is 0.325 e. The van der Waals surface area contributed by atoms with Gasteiger partial charge < -0.3 is 5.32 Å². The smallest absolute Gasteiger partial charge is 0.269 e. The summed E-state index contributed by atoms with van der Waals surface area (Å²) in [6, 6.07) is 12.6. The molecule has 2 aromatic rings. The van der Waals surface area contributed by atoms with Crippen molar-refractivity contribution in [1.82, 2.24) is 0 Å². The maximum absolute atomic E-state index is 12.6. The molecule has 1 heterocycles. The van der Waals surface area contributed by atoms with Crippen molar-refractivity contribution >= 4 is 46.5 Å². The molecule has 28 heavy (non-hydrogen) atoms. The molecule has 1 aliphatic rings. The van der Waals surface area contributed by atoms with E-state index >= 15 is 0 Å². The number of aryl methyl sites for hydroxylation is 1. The molecule has 1 unspecified atom stereocenters. The summed E-state index contributed by atoms with van der Waals surface area (Å²) in [6.07, 6.45) is -0.0156. The van der Waals surface area contributed by atoms with Crippen LogP contribution in [-0.2, 0) is 14.4 Å². The van der Waals surface area contributed by atoms with Gasteiger partial charge in [0.25, 0.3) is 5.69 Å². The predicted molar refractivity (Wildman–Crippen MR) is 106 cm³/mol. The SMILES string of the molecule is Cc1ccc(NC(=O)CSC2CC(=O)N(c3ccc([N+](=O)[O-])cc3)C2=O)cc1. The first-order valence-electron chi connectivity index (χ1n) is 8.44. The van der Waals surface area contributed by atoms with Gasteiger partial charge in [-0.2, -0.15) is 0 Å². The van der Waals surface area contributed by atoms with Crippen molar-refractivity contribution in [1.29, 1.82) is 0 Å². The molecular formula is C19H17N3O5S. The molecule has 3 amide bonds. The molecule has 3 rings (SSSR count). The van der Waals surface area contributed by atoms with Gasteiger partial charge in [0.15, 0.2) is 0 Å². The molecule has 0 aliphatic carbocycles. The predicted octanol–water partition coefficient (Wildman–Crippen LogP) is 2.91. The molecule has 1 saturated heterocycles. The average Bonchev–Trinajstić information content (AvgIpc) is 2.95. The van der Waals surface area contributed by atoms with Gasteiger partial charge in [-0.25, -0.2) is 4.90 Å². The van der Waals surface area contributed by atoms with Gasteiger partial charge in [0, 0.05) is 24.2 Å². The summed E-state index contributed by atoms with van der Waals surface area (Å²) in [5.41, 5.74) is 1.90. The third-order valence-corrected chi connectivity index (χ3v) is 5.37. The number of hydrogen-bond acceptors (Lipinski definition) is 6. The van der Waals surface area contributed by atoms with Crippen LogP contribution in [0.5, 0.6) is 0 Å². The molecule has 1 fully saturated rings. The van der Waals surface area contributed by atoms with E-state index in [-0.39, 0.29) is 29.5 Å². The standard InChI is InChI=1S/C19H17N3O5S/c1-12-2-4-13(5-3-12)20-17(23)11-28-16-10-18(24)21(19(16)25)14-6-8-15(9-7-14)22(26)27/h2-9,16H,10-11H2,1H3,(H,20,23). The normalized spacial score (nSPS) is 16.3. The van der Waals surface area contributed by atoms with E-state index in [1.807, 2.05) is 19.1 Å². The van der Waals surface area contributed by atoms with Crippen LogP contribution in [0, 0.1) is 17.0 Å². The van der Waals surface area contributed by atoms with Gasteiger partial charge in [-0.1, -0.05) is 17.7 Å². The minimum absolute atomic E-state index is 0.0156. The van der Waals surface area contributed by atoms with E-state index in [2.05, 4.69) is 5.32 Å². The number of anilines is 2. The molecule has 2 aromatic carbocycles. The second kappa shape index (κ2) is 8.22. The average molecular weight is 399 g/mol. The van der Waals surface area contributed by atoms with Crippen LogP contribution < -0.4 is 10.2 Å². The Bertz CT molecular complexity index is 928. The van der Waals surface area contributed by atoms with Crippen molar-refractivity contribution in [2.75, 3.05) is 16.0 Å². The minimum atomic E-state index is -0.661. The molecular weight excluding hydrogens is 382 g/mol. The van der Waals surface area contributed by atoms with Crippen LogP contribution in [0.3, 0.4) is 0 Å². The lowest BCUT2D eigenvalue weighted by molar-refractivity contribution is -0.384. The van der Waals surface area contributed by atoms with Crippen LogP contribution in [0.15, 0.2) is 48.5 Å². The fourth-order valence-corrected chi connectivity index (χ4v) is 3.67. The van der Waals surface area contributed by atoms with E-state index < -0.39 is 22.0 Å². The van der Waals surface area contributed by atoms with E-state index in [1.165, 1.54) is 24.3 Å². The van der Waals surface area contributed by atoms with Crippen LogP contribution in [-0.4, -0.2) is 33.6 Å². The number of rotatable bonds is 6. The third-order valence-electron chi connectivity index (χ3n) is 4.17. The Morgan fingerprint density at radius 3 is 2.43 bits per heavy atom. The topological polar surface area (TPSA) is 110 Å². The van der Waals surface area contributed by atoms with Crippen LogP contribution in [0.4, 0.5) is 17.1 Å². The Morgan fingerprint density at radius 2 is 1.82 bits per heavy atom. The molecule has 0 spiro atoms. The Morgan fingerprint density at radius 1 is 1.18 bits per heavy atom. The lowest BCUT2D eigenvalue weighted by atomic mass is 10.2. The fourth-order valence-electron chi connectivity index (χ4n) is 2.74. The third kappa shape index (κ3) is 4.37. The number of nitrogens with one attached hydrogen (secondary N) is 1. The van der Waals surface area contributed by atoms with Gasteiger partial charge in [-0.05, 0) is 31.2 Å². The molecule has 0 radical (unpaired) electrons. The van der Waals surface area contributed by atoms with E-state index in [0.29, 0.717) is 5.69 Å². The number of carbonyl (C=O) groups is 3. The van der Waals surface area contributed by atoms with Crippen LogP contribution in [0.2, 0.25) is 0 Å². The number of nitro groups is 1. The quantitative estimate of drug-likeness (QED) is 0.454. The summed E-state index contributed by atoms with van der Waals surface area (Å²) in [7, 11) is 0. The van der Waals surface area contributed by atoms with Crippen molar-refractivity contribution in [2.45, 2.75) is 18.6 Å². The zero-order chi connectivity index (χ0) is 20.3. The molecule has 0 saturated carbocycles. The Labute approximate surface area is 165 Å².